The third-order valence-corrected chi connectivity index (χ3v) is 2.15. The predicted molar refractivity (Wildman–Crippen MR) is 56.5 cm³/mol. The Bertz CT molecular complexity index is 357. The Kier molecular flexibility index (Phi) is 3.83. The maximum atomic E-state index is 11.5. The molecule has 78 valence electrons. The molecule has 1 aromatic rings. The predicted octanol–water partition coefficient (Wildman–Crippen LogP) is 0.470. The SMILES string of the molecule is CNCCCn1c(C)cc(C)nc1=O. The molecule has 0 aliphatic carbocycles. The molecule has 0 saturated heterocycles. The largest absolute Gasteiger partial charge is 0.347 e. The van der Waals surface area contributed by atoms with Crippen LogP contribution in [0, 0.1) is 13.8 Å². The zero-order chi connectivity index (χ0) is 10.6. The Hall–Kier alpha value is -1.16. The van der Waals surface area contributed by atoms with Crippen LogP contribution in [0.2, 0.25) is 0 Å². The highest BCUT2D eigenvalue weighted by atomic mass is 16.1. The number of nitrogens with one attached hydrogen (secondary N) is 1. The lowest BCUT2D eigenvalue weighted by molar-refractivity contribution is 0.572. The number of nitrogens with zero attached hydrogens (tertiary/aromatic N) is 2. The van der Waals surface area contributed by atoms with Gasteiger partial charge in [0.1, 0.15) is 0 Å². The van der Waals surface area contributed by atoms with Gasteiger partial charge in [-0.1, -0.05) is 0 Å². The maximum Gasteiger partial charge on any atom is 0.347 e. The van der Waals surface area contributed by atoms with E-state index in [1.54, 1.807) is 4.57 Å². The molecule has 14 heavy (non-hydrogen) atoms. The van der Waals surface area contributed by atoms with Crippen LogP contribution >= 0.6 is 0 Å². The van der Waals surface area contributed by atoms with Crippen LogP contribution in [0.3, 0.4) is 0 Å². The molecule has 0 saturated carbocycles. The molecular weight excluding hydrogens is 178 g/mol. The number of hydrogen-bond donors (Lipinski definition) is 1. The van der Waals surface area contributed by atoms with Gasteiger partial charge >= 0.3 is 5.69 Å². The Balaban J connectivity index is 2.81. The van der Waals surface area contributed by atoms with Crippen LogP contribution in [0.4, 0.5) is 0 Å². The lowest BCUT2D eigenvalue weighted by atomic mass is 10.3. The van der Waals surface area contributed by atoms with Gasteiger partial charge in [-0.25, -0.2) is 4.79 Å². The van der Waals surface area contributed by atoms with E-state index in [-0.39, 0.29) is 5.69 Å². The summed E-state index contributed by atoms with van der Waals surface area (Å²) in [5.74, 6) is 0. The molecule has 0 atom stereocenters. The number of aromatic nitrogens is 2. The molecule has 1 aromatic heterocycles. The molecule has 0 amide bonds. The molecule has 1 rings (SSSR count). The van der Waals surface area contributed by atoms with Crippen molar-refractivity contribution in [1.82, 2.24) is 14.9 Å². The first kappa shape index (κ1) is 10.9. The van der Waals surface area contributed by atoms with Crippen LogP contribution in [-0.2, 0) is 6.54 Å². The number of hydrogen-bond acceptors (Lipinski definition) is 3. The summed E-state index contributed by atoms with van der Waals surface area (Å²) in [7, 11) is 1.91. The standard InChI is InChI=1S/C10H17N3O/c1-8-7-9(2)13(10(14)12-8)6-4-5-11-3/h7,11H,4-6H2,1-3H3. The highest BCUT2D eigenvalue weighted by Crippen LogP contribution is 1.97. The molecule has 0 aliphatic heterocycles. The van der Waals surface area contributed by atoms with Crippen molar-refractivity contribution >= 4 is 0 Å². The first-order valence-corrected chi connectivity index (χ1v) is 4.85. The second-order valence-corrected chi connectivity index (χ2v) is 3.43. The van der Waals surface area contributed by atoms with Crippen LogP contribution in [0.5, 0.6) is 0 Å². The first-order valence-electron chi connectivity index (χ1n) is 4.85. The average Bonchev–Trinajstić information content (AvgIpc) is 2.09. The summed E-state index contributed by atoms with van der Waals surface area (Å²) in [5, 5.41) is 3.05. The Morgan fingerprint density at radius 2 is 2.21 bits per heavy atom. The van der Waals surface area contributed by atoms with E-state index in [1.807, 2.05) is 27.0 Å². The fourth-order valence-electron chi connectivity index (χ4n) is 1.46. The van der Waals surface area contributed by atoms with E-state index in [1.165, 1.54) is 0 Å². The molecule has 0 aromatic carbocycles. The molecule has 0 unspecified atom stereocenters. The fraction of sp³-hybridized carbons (Fsp3) is 0.600. The smallest absolute Gasteiger partial charge is 0.320 e. The Morgan fingerprint density at radius 3 is 2.79 bits per heavy atom. The third-order valence-electron chi connectivity index (χ3n) is 2.15. The Morgan fingerprint density at radius 1 is 1.50 bits per heavy atom. The lowest BCUT2D eigenvalue weighted by Crippen LogP contribution is -2.26. The van der Waals surface area contributed by atoms with Crippen LogP contribution in [0.15, 0.2) is 10.9 Å². The normalized spacial score (nSPS) is 10.5. The molecule has 4 nitrogen and oxygen atoms in total. The van der Waals surface area contributed by atoms with Gasteiger partial charge in [-0.3, -0.25) is 4.57 Å². The molecule has 1 heterocycles. The van der Waals surface area contributed by atoms with Gasteiger partial charge in [0.25, 0.3) is 0 Å². The monoisotopic (exact) mass is 195 g/mol. The van der Waals surface area contributed by atoms with E-state index in [0.717, 1.165) is 30.9 Å². The van der Waals surface area contributed by atoms with Crippen molar-refractivity contribution in [2.45, 2.75) is 26.8 Å². The lowest BCUT2D eigenvalue weighted by Gasteiger charge is -2.08. The van der Waals surface area contributed by atoms with Crippen LogP contribution < -0.4 is 11.0 Å². The third kappa shape index (κ3) is 2.67. The molecule has 4 heteroatoms. The van der Waals surface area contributed by atoms with Gasteiger partial charge in [0, 0.05) is 17.9 Å². The van der Waals surface area contributed by atoms with Crippen molar-refractivity contribution in [2.75, 3.05) is 13.6 Å². The first-order chi connectivity index (χ1) is 6.65. The van der Waals surface area contributed by atoms with E-state index in [2.05, 4.69) is 10.3 Å². The quantitative estimate of drug-likeness (QED) is 0.710. The zero-order valence-electron chi connectivity index (χ0n) is 9.00. The van der Waals surface area contributed by atoms with Crippen molar-refractivity contribution in [2.24, 2.45) is 0 Å². The summed E-state index contributed by atoms with van der Waals surface area (Å²) in [6.45, 7) is 5.43. The number of aryl methyl sites for hydroxylation is 2. The van der Waals surface area contributed by atoms with E-state index in [9.17, 15) is 4.79 Å². The van der Waals surface area contributed by atoms with Gasteiger partial charge in [0.15, 0.2) is 0 Å². The fourth-order valence-corrected chi connectivity index (χ4v) is 1.46. The molecule has 0 fully saturated rings. The molecular formula is C10H17N3O. The van der Waals surface area contributed by atoms with E-state index >= 15 is 0 Å². The van der Waals surface area contributed by atoms with Crippen molar-refractivity contribution in [3.8, 4) is 0 Å². The molecule has 0 bridgehead atoms. The second kappa shape index (κ2) is 4.91. The van der Waals surface area contributed by atoms with Gasteiger partial charge in [0.2, 0.25) is 0 Å². The Labute approximate surface area is 84.0 Å². The van der Waals surface area contributed by atoms with Gasteiger partial charge in [-0.2, -0.15) is 4.98 Å². The minimum atomic E-state index is -0.140. The van der Waals surface area contributed by atoms with Crippen molar-refractivity contribution < 1.29 is 0 Å². The van der Waals surface area contributed by atoms with Gasteiger partial charge in [0.05, 0.1) is 0 Å². The highest BCUT2D eigenvalue weighted by molar-refractivity contribution is 5.06. The maximum absolute atomic E-state index is 11.5. The summed E-state index contributed by atoms with van der Waals surface area (Å²) >= 11 is 0. The summed E-state index contributed by atoms with van der Waals surface area (Å²) in [6.07, 6.45) is 0.946. The average molecular weight is 195 g/mol. The summed E-state index contributed by atoms with van der Waals surface area (Å²) in [4.78, 5) is 15.4. The minimum absolute atomic E-state index is 0.140. The van der Waals surface area contributed by atoms with Crippen LogP contribution in [0.1, 0.15) is 17.8 Å². The van der Waals surface area contributed by atoms with Gasteiger partial charge < -0.3 is 5.32 Å². The van der Waals surface area contributed by atoms with E-state index in [0.29, 0.717) is 0 Å². The molecule has 0 aliphatic rings. The van der Waals surface area contributed by atoms with Gasteiger partial charge in [-0.15, -0.1) is 0 Å². The van der Waals surface area contributed by atoms with Crippen LogP contribution in [0.25, 0.3) is 0 Å². The van der Waals surface area contributed by atoms with Crippen molar-refractivity contribution in [3.05, 3.63) is 27.9 Å². The summed E-state index contributed by atoms with van der Waals surface area (Å²) in [6, 6.07) is 1.93. The minimum Gasteiger partial charge on any atom is -0.320 e. The zero-order valence-corrected chi connectivity index (χ0v) is 9.00. The second-order valence-electron chi connectivity index (χ2n) is 3.43. The molecule has 0 radical (unpaired) electrons. The van der Waals surface area contributed by atoms with E-state index < -0.39 is 0 Å². The number of rotatable bonds is 4. The molecule has 1 N–H and O–H groups in total. The van der Waals surface area contributed by atoms with E-state index in [4.69, 9.17) is 0 Å². The molecule has 0 spiro atoms. The summed E-state index contributed by atoms with van der Waals surface area (Å²) < 4.78 is 1.71. The van der Waals surface area contributed by atoms with Gasteiger partial charge in [-0.05, 0) is 39.9 Å². The van der Waals surface area contributed by atoms with Crippen LogP contribution in [-0.4, -0.2) is 23.1 Å². The highest BCUT2D eigenvalue weighted by Gasteiger charge is 2.01. The summed E-state index contributed by atoms with van der Waals surface area (Å²) in [5.41, 5.74) is 1.63. The van der Waals surface area contributed by atoms with Crippen molar-refractivity contribution in [3.63, 3.8) is 0 Å². The topological polar surface area (TPSA) is 46.9 Å². The van der Waals surface area contributed by atoms with Crippen molar-refractivity contribution in [1.29, 1.82) is 0 Å².